The number of nitrogens with zero attached hydrogens (tertiary/aromatic N) is 2. The number of aryl methyl sites for hydroxylation is 3. The number of ether oxygens (including phenoxy) is 2. The third kappa shape index (κ3) is 3.94. The SMILES string of the molecule is CCOc1ccc(OCC)c(NC(=O)c2sc3nc(CC)nc(C)c3c2C)c1. The van der Waals surface area contributed by atoms with Crippen LogP contribution >= 0.6 is 11.3 Å². The molecular weight excluding hydrogens is 374 g/mol. The molecule has 0 aliphatic carbocycles. The zero-order valence-corrected chi connectivity index (χ0v) is 17.7. The summed E-state index contributed by atoms with van der Waals surface area (Å²) in [6.07, 6.45) is 0.761. The number of aromatic nitrogens is 2. The number of benzene rings is 1. The van der Waals surface area contributed by atoms with Crippen LogP contribution in [0.5, 0.6) is 11.5 Å². The molecule has 1 N–H and O–H groups in total. The summed E-state index contributed by atoms with van der Waals surface area (Å²) >= 11 is 1.39. The van der Waals surface area contributed by atoms with Crippen molar-refractivity contribution in [2.45, 2.75) is 41.0 Å². The van der Waals surface area contributed by atoms with Crippen LogP contribution in [0.1, 0.15) is 47.5 Å². The lowest BCUT2D eigenvalue weighted by molar-refractivity contribution is 0.102. The Balaban J connectivity index is 1.98. The molecule has 1 aromatic carbocycles. The zero-order valence-electron chi connectivity index (χ0n) is 16.9. The predicted molar refractivity (Wildman–Crippen MR) is 113 cm³/mol. The van der Waals surface area contributed by atoms with Gasteiger partial charge in [-0.25, -0.2) is 9.97 Å². The molecule has 0 radical (unpaired) electrons. The van der Waals surface area contributed by atoms with Crippen LogP contribution in [0.2, 0.25) is 0 Å². The molecule has 7 heteroatoms. The molecule has 0 unspecified atom stereocenters. The summed E-state index contributed by atoms with van der Waals surface area (Å²) in [6.45, 7) is 10.8. The Kier molecular flexibility index (Phi) is 6.14. The van der Waals surface area contributed by atoms with Crippen molar-refractivity contribution in [3.63, 3.8) is 0 Å². The summed E-state index contributed by atoms with van der Waals surface area (Å²) in [5.74, 6) is 1.90. The Hall–Kier alpha value is -2.67. The van der Waals surface area contributed by atoms with Crippen molar-refractivity contribution in [2.24, 2.45) is 0 Å². The highest BCUT2D eigenvalue weighted by atomic mass is 32.1. The topological polar surface area (TPSA) is 73.3 Å². The van der Waals surface area contributed by atoms with Crippen molar-refractivity contribution >= 4 is 33.1 Å². The molecule has 2 heterocycles. The van der Waals surface area contributed by atoms with E-state index in [1.165, 1.54) is 11.3 Å². The number of hydrogen-bond acceptors (Lipinski definition) is 6. The molecule has 0 atom stereocenters. The monoisotopic (exact) mass is 399 g/mol. The van der Waals surface area contributed by atoms with Crippen molar-refractivity contribution < 1.29 is 14.3 Å². The quantitative estimate of drug-likeness (QED) is 0.610. The van der Waals surface area contributed by atoms with E-state index in [0.717, 1.165) is 33.7 Å². The first-order valence-corrected chi connectivity index (χ1v) is 10.3. The van der Waals surface area contributed by atoms with Crippen LogP contribution in [0.3, 0.4) is 0 Å². The highest BCUT2D eigenvalue weighted by Crippen LogP contribution is 2.34. The molecule has 0 spiro atoms. The molecule has 1 amide bonds. The molecule has 3 aromatic rings. The van der Waals surface area contributed by atoms with E-state index >= 15 is 0 Å². The minimum atomic E-state index is -0.187. The Bertz CT molecular complexity index is 1010. The number of amides is 1. The smallest absolute Gasteiger partial charge is 0.266 e. The maximum absolute atomic E-state index is 13.1. The minimum Gasteiger partial charge on any atom is -0.494 e. The Morgan fingerprint density at radius 3 is 2.54 bits per heavy atom. The summed E-state index contributed by atoms with van der Waals surface area (Å²) < 4.78 is 11.2. The molecule has 2 aromatic heterocycles. The maximum atomic E-state index is 13.1. The van der Waals surface area contributed by atoms with Crippen LogP contribution in [-0.2, 0) is 6.42 Å². The van der Waals surface area contributed by atoms with E-state index in [0.29, 0.717) is 35.3 Å². The van der Waals surface area contributed by atoms with E-state index in [4.69, 9.17) is 9.47 Å². The van der Waals surface area contributed by atoms with Gasteiger partial charge in [0.05, 0.1) is 23.8 Å². The van der Waals surface area contributed by atoms with Crippen LogP contribution in [0.15, 0.2) is 18.2 Å². The molecule has 0 aliphatic rings. The number of hydrogen-bond donors (Lipinski definition) is 1. The highest BCUT2D eigenvalue weighted by molar-refractivity contribution is 7.20. The summed E-state index contributed by atoms with van der Waals surface area (Å²) in [5.41, 5.74) is 2.39. The molecule has 148 valence electrons. The Morgan fingerprint density at radius 1 is 1.11 bits per heavy atom. The van der Waals surface area contributed by atoms with Crippen LogP contribution in [0.25, 0.3) is 10.2 Å². The fourth-order valence-electron chi connectivity index (χ4n) is 3.09. The number of carbonyl (C=O) groups excluding carboxylic acids is 1. The van der Waals surface area contributed by atoms with E-state index in [9.17, 15) is 4.79 Å². The Morgan fingerprint density at radius 2 is 1.86 bits per heavy atom. The van der Waals surface area contributed by atoms with Gasteiger partial charge in [0.25, 0.3) is 5.91 Å². The lowest BCUT2D eigenvalue weighted by atomic mass is 10.1. The number of rotatable bonds is 7. The zero-order chi connectivity index (χ0) is 20.3. The molecule has 0 saturated carbocycles. The van der Waals surface area contributed by atoms with E-state index in [-0.39, 0.29) is 5.91 Å². The van der Waals surface area contributed by atoms with E-state index in [1.807, 2.05) is 46.8 Å². The molecule has 0 bridgehead atoms. The molecule has 0 aliphatic heterocycles. The molecule has 28 heavy (non-hydrogen) atoms. The molecule has 6 nitrogen and oxygen atoms in total. The van der Waals surface area contributed by atoms with Crippen molar-refractivity contribution in [1.29, 1.82) is 0 Å². The number of thiophene rings is 1. The first-order chi connectivity index (χ1) is 13.5. The van der Waals surface area contributed by atoms with Crippen molar-refractivity contribution in [2.75, 3.05) is 18.5 Å². The van der Waals surface area contributed by atoms with Gasteiger partial charge >= 0.3 is 0 Å². The molecule has 0 saturated heterocycles. The van der Waals surface area contributed by atoms with Crippen LogP contribution in [-0.4, -0.2) is 29.1 Å². The third-order valence-electron chi connectivity index (χ3n) is 4.35. The fraction of sp³-hybridized carbons (Fsp3) is 0.381. The first-order valence-electron chi connectivity index (χ1n) is 9.46. The normalized spacial score (nSPS) is 10.9. The lowest BCUT2D eigenvalue weighted by Gasteiger charge is -2.13. The molecular formula is C21H25N3O3S. The van der Waals surface area contributed by atoms with Gasteiger partial charge in [0.2, 0.25) is 0 Å². The van der Waals surface area contributed by atoms with E-state index in [1.54, 1.807) is 6.07 Å². The van der Waals surface area contributed by atoms with Gasteiger partial charge in [-0.2, -0.15) is 0 Å². The fourth-order valence-corrected chi connectivity index (χ4v) is 4.24. The number of anilines is 1. The average Bonchev–Trinajstić information content (AvgIpc) is 3.01. The summed E-state index contributed by atoms with van der Waals surface area (Å²) in [5, 5.41) is 3.94. The third-order valence-corrected chi connectivity index (χ3v) is 5.53. The standard InChI is InChI=1S/C21H25N3O3S/c1-6-17-22-13(5)18-12(4)19(28-21(18)24-17)20(25)23-15-11-14(26-7-2)9-10-16(15)27-8-3/h9-11H,6-8H2,1-5H3,(H,23,25). The van der Waals surface area contributed by atoms with Crippen molar-refractivity contribution in [1.82, 2.24) is 9.97 Å². The lowest BCUT2D eigenvalue weighted by Crippen LogP contribution is -2.13. The summed E-state index contributed by atoms with van der Waals surface area (Å²) in [7, 11) is 0. The van der Waals surface area contributed by atoms with E-state index < -0.39 is 0 Å². The number of carbonyl (C=O) groups is 1. The van der Waals surface area contributed by atoms with Gasteiger partial charge in [0.1, 0.15) is 22.2 Å². The van der Waals surface area contributed by atoms with Crippen molar-refractivity contribution in [3.8, 4) is 11.5 Å². The highest BCUT2D eigenvalue weighted by Gasteiger charge is 2.20. The van der Waals surface area contributed by atoms with Gasteiger partial charge in [-0.1, -0.05) is 6.92 Å². The largest absolute Gasteiger partial charge is 0.494 e. The second-order valence-corrected chi connectivity index (χ2v) is 7.29. The second kappa shape index (κ2) is 8.56. The van der Waals surface area contributed by atoms with E-state index in [2.05, 4.69) is 15.3 Å². The number of nitrogens with one attached hydrogen (secondary N) is 1. The molecule has 3 rings (SSSR count). The van der Waals surface area contributed by atoms with Crippen LogP contribution < -0.4 is 14.8 Å². The average molecular weight is 400 g/mol. The van der Waals surface area contributed by atoms with Gasteiger partial charge in [-0.15, -0.1) is 11.3 Å². The van der Waals surface area contributed by atoms with Gasteiger partial charge in [0, 0.05) is 23.6 Å². The number of fused-ring (bicyclic) bond motifs is 1. The maximum Gasteiger partial charge on any atom is 0.266 e. The second-order valence-electron chi connectivity index (χ2n) is 6.29. The Labute approximate surface area is 168 Å². The minimum absolute atomic E-state index is 0.187. The first kappa shape index (κ1) is 20.1. The van der Waals surface area contributed by atoms with Gasteiger partial charge < -0.3 is 14.8 Å². The van der Waals surface area contributed by atoms with Crippen LogP contribution in [0, 0.1) is 13.8 Å². The van der Waals surface area contributed by atoms with Gasteiger partial charge in [0.15, 0.2) is 0 Å². The summed E-state index contributed by atoms with van der Waals surface area (Å²) in [4.78, 5) is 23.7. The van der Waals surface area contributed by atoms with Gasteiger partial charge in [-0.05, 0) is 45.4 Å². The summed E-state index contributed by atoms with van der Waals surface area (Å²) in [6, 6.07) is 5.43. The predicted octanol–water partition coefficient (Wildman–Crippen LogP) is 4.92. The van der Waals surface area contributed by atoms with Gasteiger partial charge in [-0.3, -0.25) is 4.79 Å². The van der Waals surface area contributed by atoms with Crippen molar-refractivity contribution in [3.05, 3.63) is 40.2 Å². The molecule has 0 fully saturated rings. The van der Waals surface area contributed by atoms with Crippen LogP contribution in [0.4, 0.5) is 5.69 Å².